The van der Waals surface area contributed by atoms with Crippen molar-refractivity contribution >= 4 is 0 Å². The highest BCUT2D eigenvalue weighted by atomic mass is 14.3. The van der Waals surface area contributed by atoms with E-state index in [1.54, 1.807) is 0 Å². The zero-order chi connectivity index (χ0) is 9.36. The molecule has 0 aromatic rings. The van der Waals surface area contributed by atoms with Gasteiger partial charge in [0.25, 0.3) is 0 Å². The van der Waals surface area contributed by atoms with Crippen LogP contribution >= 0.6 is 0 Å². The van der Waals surface area contributed by atoms with Crippen molar-refractivity contribution in [3.05, 3.63) is 0 Å². The summed E-state index contributed by atoms with van der Waals surface area (Å²) in [6.07, 6.45) is 13.1. The SMILES string of the molecule is N#CC1CCCCCCCCCC1. The van der Waals surface area contributed by atoms with Gasteiger partial charge < -0.3 is 0 Å². The molecule has 1 aliphatic rings. The second kappa shape index (κ2) is 6.95. The van der Waals surface area contributed by atoms with Crippen LogP contribution in [0.3, 0.4) is 0 Å². The quantitative estimate of drug-likeness (QED) is 0.550. The first kappa shape index (κ1) is 10.6. The maximum atomic E-state index is 8.89. The second-order valence-electron chi connectivity index (χ2n) is 4.23. The molecule has 0 radical (unpaired) electrons. The summed E-state index contributed by atoms with van der Waals surface area (Å²) < 4.78 is 0. The Morgan fingerprint density at radius 3 is 1.46 bits per heavy atom. The summed E-state index contributed by atoms with van der Waals surface area (Å²) in [5.74, 6) is 0.359. The molecule has 1 fully saturated rings. The number of nitrogens with zero attached hydrogens (tertiary/aromatic N) is 1. The highest BCUT2D eigenvalue weighted by Crippen LogP contribution is 2.20. The molecule has 0 amide bonds. The minimum Gasteiger partial charge on any atom is -0.198 e. The van der Waals surface area contributed by atoms with Crippen molar-refractivity contribution in [2.45, 2.75) is 64.2 Å². The average molecular weight is 179 g/mol. The van der Waals surface area contributed by atoms with Crippen LogP contribution < -0.4 is 0 Å². The summed E-state index contributed by atoms with van der Waals surface area (Å²) in [7, 11) is 0. The molecule has 0 aliphatic heterocycles. The molecule has 0 saturated heterocycles. The highest BCUT2D eigenvalue weighted by Gasteiger charge is 2.07. The third-order valence-electron chi connectivity index (χ3n) is 3.04. The lowest BCUT2D eigenvalue weighted by molar-refractivity contribution is 0.497. The normalized spacial score (nSPS) is 23.0. The van der Waals surface area contributed by atoms with Crippen LogP contribution in [0.2, 0.25) is 0 Å². The van der Waals surface area contributed by atoms with E-state index in [2.05, 4.69) is 6.07 Å². The average Bonchev–Trinajstić information content (AvgIpc) is 2.22. The van der Waals surface area contributed by atoms with Crippen molar-refractivity contribution < 1.29 is 0 Å². The van der Waals surface area contributed by atoms with Crippen molar-refractivity contribution in [2.24, 2.45) is 5.92 Å². The lowest BCUT2D eigenvalue weighted by atomic mass is 9.97. The molecule has 0 heterocycles. The predicted molar refractivity (Wildman–Crippen MR) is 55.3 cm³/mol. The van der Waals surface area contributed by atoms with E-state index in [1.807, 2.05) is 0 Å². The molecule has 0 N–H and O–H groups in total. The lowest BCUT2D eigenvalue weighted by Gasteiger charge is -2.06. The Bertz CT molecular complexity index is 145. The van der Waals surface area contributed by atoms with E-state index in [-0.39, 0.29) is 0 Å². The van der Waals surface area contributed by atoms with Gasteiger partial charge in [-0.3, -0.25) is 0 Å². The molecule has 0 atom stereocenters. The van der Waals surface area contributed by atoms with Gasteiger partial charge in [0, 0.05) is 5.92 Å². The van der Waals surface area contributed by atoms with Crippen LogP contribution in [0, 0.1) is 17.2 Å². The summed E-state index contributed by atoms with van der Waals surface area (Å²) in [5.41, 5.74) is 0. The smallest absolute Gasteiger partial charge is 0.0655 e. The van der Waals surface area contributed by atoms with Crippen LogP contribution in [0.1, 0.15) is 64.2 Å². The molecule has 0 aromatic carbocycles. The van der Waals surface area contributed by atoms with Crippen molar-refractivity contribution in [2.75, 3.05) is 0 Å². The van der Waals surface area contributed by atoms with E-state index in [0.29, 0.717) is 5.92 Å². The van der Waals surface area contributed by atoms with E-state index in [4.69, 9.17) is 5.26 Å². The largest absolute Gasteiger partial charge is 0.198 e. The van der Waals surface area contributed by atoms with Gasteiger partial charge in [0.2, 0.25) is 0 Å². The Balaban J connectivity index is 2.23. The van der Waals surface area contributed by atoms with E-state index in [0.717, 1.165) is 12.8 Å². The van der Waals surface area contributed by atoms with E-state index < -0.39 is 0 Å². The standard InChI is InChI=1S/C12H21N/c13-11-12-9-7-5-3-1-2-4-6-8-10-12/h12H,1-10H2. The minimum atomic E-state index is 0.359. The monoisotopic (exact) mass is 179 g/mol. The molecule has 1 heteroatoms. The number of nitriles is 1. The molecule has 1 saturated carbocycles. The topological polar surface area (TPSA) is 23.8 Å². The minimum absolute atomic E-state index is 0.359. The maximum Gasteiger partial charge on any atom is 0.0655 e. The molecule has 0 aromatic heterocycles. The van der Waals surface area contributed by atoms with Gasteiger partial charge in [0.15, 0.2) is 0 Å². The molecule has 13 heavy (non-hydrogen) atoms. The first-order chi connectivity index (χ1) is 6.43. The van der Waals surface area contributed by atoms with Gasteiger partial charge in [-0.05, 0) is 12.8 Å². The molecule has 0 spiro atoms. The van der Waals surface area contributed by atoms with E-state index >= 15 is 0 Å². The Hall–Kier alpha value is -0.510. The molecule has 1 aliphatic carbocycles. The van der Waals surface area contributed by atoms with Crippen LogP contribution in [0.5, 0.6) is 0 Å². The summed E-state index contributed by atoms with van der Waals surface area (Å²) in [4.78, 5) is 0. The zero-order valence-corrected chi connectivity index (χ0v) is 8.60. The molecule has 1 nitrogen and oxygen atoms in total. The first-order valence-corrected chi connectivity index (χ1v) is 5.83. The third-order valence-corrected chi connectivity index (χ3v) is 3.04. The highest BCUT2D eigenvalue weighted by molar-refractivity contribution is 4.82. The van der Waals surface area contributed by atoms with Gasteiger partial charge in [0.05, 0.1) is 6.07 Å². The summed E-state index contributed by atoms with van der Waals surface area (Å²) in [6.45, 7) is 0. The van der Waals surface area contributed by atoms with E-state index in [1.165, 1.54) is 51.4 Å². The fraction of sp³-hybridized carbons (Fsp3) is 0.917. The van der Waals surface area contributed by atoms with Gasteiger partial charge in [0.1, 0.15) is 0 Å². The van der Waals surface area contributed by atoms with Crippen LogP contribution in [0.15, 0.2) is 0 Å². The van der Waals surface area contributed by atoms with Crippen molar-refractivity contribution in [3.63, 3.8) is 0 Å². The van der Waals surface area contributed by atoms with Gasteiger partial charge in [-0.15, -0.1) is 0 Å². The van der Waals surface area contributed by atoms with Gasteiger partial charge >= 0.3 is 0 Å². The fourth-order valence-corrected chi connectivity index (χ4v) is 2.12. The summed E-state index contributed by atoms with van der Waals surface area (Å²) in [5, 5.41) is 8.89. The molecule has 0 bridgehead atoms. The summed E-state index contributed by atoms with van der Waals surface area (Å²) >= 11 is 0. The van der Waals surface area contributed by atoms with Crippen molar-refractivity contribution in [3.8, 4) is 6.07 Å². The van der Waals surface area contributed by atoms with Crippen LogP contribution in [0.4, 0.5) is 0 Å². The number of hydrogen-bond donors (Lipinski definition) is 0. The maximum absolute atomic E-state index is 8.89. The van der Waals surface area contributed by atoms with Crippen LogP contribution in [-0.2, 0) is 0 Å². The van der Waals surface area contributed by atoms with Gasteiger partial charge in [-0.25, -0.2) is 0 Å². The Kier molecular flexibility index (Phi) is 5.65. The number of hydrogen-bond acceptors (Lipinski definition) is 1. The predicted octanol–water partition coefficient (Wildman–Crippen LogP) is 4.04. The molecule has 0 unspecified atom stereocenters. The van der Waals surface area contributed by atoms with E-state index in [9.17, 15) is 0 Å². The molecule has 1 rings (SSSR count). The Labute approximate surface area is 82.1 Å². The van der Waals surface area contributed by atoms with Gasteiger partial charge in [-0.1, -0.05) is 51.4 Å². The zero-order valence-electron chi connectivity index (χ0n) is 8.60. The van der Waals surface area contributed by atoms with Crippen LogP contribution in [0.25, 0.3) is 0 Å². The number of rotatable bonds is 0. The van der Waals surface area contributed by atoms with Gasteiger partial charge in [-0.2, -0.15) is 5.26 Å². The molecule has 74 valence electrons. The van der Waals surface area contributed by atoms with Crippen molar-refractivity contribution in [1.29, 1.82) is 5.26 Å². The van der Waals surface area contributed by atoms with Crippen LogP contribution in [-0.4, -0.2) is 0 Å². The fourth-order valence-electron chi connectivity index (χ4n) is 2.12. The first-order valence-electron chi connectivity index (χ1n) is 5.83. The Morgan fingerprint density at radius 2 is 1.08 bits per heavy atom. The Morgan fingerprint density at radius 1 is 0.692 bits per heavy atom. The molecular formula is C12H21N. The van der Waals surface area contributed by atoms with Crippen molar-refractivity contribution in [1.82, 2.24) is 0 Å². The lowest BCUT2D eigenvalue weighted by Crippen LogP contribution is -1.96. The second-order valence-corrected chi connectivity index (χ2v) is 4.23. The third kappa shape index (κ3) is 4.93. The molecular weight excluding hydrogens is 158 g/mol. The summed E-state index contributed by atoms with van der Waals surface area (Å²) in [6, 6.07) is 2.44.